The minimum Gasteiger partial charge on any atom is -0.379 e. The largest absolute Gasteiger partial charge is 0.379 e. The third kappa shape index (κ3) is 2.65. The Bertz CT molecular complexity index is 444. The van der Waals surface area contributed by atoms with Gasteiger partial charge in [-0.3, -0.25) is 4.79 Å². The summed E-state index contributed by atoms with van der Waals surface area (Å²) in [6, 6.07) is 4.26. The van der Waals surface area contributed by atoms with Gasteiger partial charge in [0.25, 0.3) is 0 Å². The van der Waals surface area contributed by atoms with Crippen LogP contribution in [0.25, 0.3) is 0 Å². The standard InChI is InChI=1S/C12H13ClFNO2/c13-9-2-1-8(10(14)6-9)5-11(16)12(15)3-4-17-7-12/h1-2,6H,3-5,7,15H2. The molecule has 1 aromatic rings. The zero-order valence-electron chi connectivity index (χ0n) is 9.21. The van der Waals surface area contributed by atoms with Gasteiger partial charge >= 0.3 is 0 Å². The molecule has 1 heterocycles. The van der Waals surface area contributed by atoms with E-state index in [1.807, 2.05) is 0 Å². The summed E-state index contributed by atoms with van der Waals surface area (Å²) >= 11 is 5.64. The lowest BCUT2D eigenvalue weighted by atomic mass is 9.90. The SMILES string of the molecule is NC1(C(=O)Cc2ccc(Cl)cc2F)CCOC1. The highest BCUT2D eigenvalue weighted by molar-refractivity contribution is 6.30. The molecule has 0 amide bonds. The van der Waals surface area contributed by atoms with Crippen LogP contribution in [0.1, 0.15) is 12.0 Å². The fourth-order valence-electron chi connectivity index (χ4n) is 1.81. The van der Waals surface area contributed by atoms with Crippen LogP contribution in [0.15, 0.2) is 18.2 Å². The van der Waals surface area contributed by atoms with Gasteiger partial charge in [0, 0.05) is 18.1 Å². The van der Waals surface area contributed by atoms with Gasteiger partial charge in [0.05, 0.1) is 6.61 Å². The van der Waals surface area contributed by atoms with Crippen molar-refractivity contribution in [3.8, 4) is 0 Å². The maximum absolute atomic E-state index is 13.5. The van der Waals surface area contributed by atoms with Gasteiger partial charge in [0.2, 0.25) is 0 Å². The van der Waals surface area contributed by atoms with Crippen molar-refractivity contribution >= 4 is 17.4 Å². The minimum absolute atomic E-state index is 0.0249. The maximum Gasteiger partial charge on any atom is 0.159 e. The van der Waals surface area contributed by atoms with Crippen LogP contribution in [0.5, 0.6) is 0 Å². The van der Waals surface area contributed by atoms with Crippen LogP contribution in [0.3, 0.4) is 0 Å². The highest BCUT2D eigenvalue weighted by Gasteiger charge is 2.37. The molecular weight excluding hydrogens is 245 g/mol. The molecule has 5 heteroatoms. The van der Waals surface area contributed by atoms with E-state index in [1.54, 1.807) is 6.07 Å². The normalized spacial score (nSPS) is 23.9. The van der Waals surface area contributed by atoms with Gasteiger partial charge in [-0.1, -0.05) is 17.7 Å². The van der Waals surface area contributed by atoms with E-state index in [2.05, 4.69) is 0 Å². The molecular formula is C12H13ClFNO2. The van der Waals surface area contributed by atoms with Crippen LogP contribution in [0, 0.1) is 5.82 Å². The summed E-state index contributed by atoms with van der Waals surface area (Å²) in [7, 11) is 0. The van der Waals surface area contributed by atoms with Crippen LogP contribution < -0.4 is 5.73 Å². The van der Waals surface area contributed by atoms with E-state index in [-0.39, 0.29) is 18.8 Å². The average Bonchev–Trinajstić information content (AvgIpc) is 2.71. The van der Waals surface area contributed by atoms with E-state index in [4.69, 9.17) is 22.1 Å². The zero-order chi connectivity index (χ0) is 12.5. The second-order valence-electron chi connectivity index (χ2n) is 4.29. The Labute approximate surface area is 104 Å². The summed E-state index contributed by atoms with van der Waals surface area (Å²) in [5.41, 5.74) is 5.26. The van der Waals surface area contributed by atoms with Gasteiger partial charge in [-0.15, -0.1) is 0 Å². The van der Waals surface area contributed by atoms with Crippen LogP contribution in [-0.2, 0) is 16.0 Å². The van der Waals surface area contributed by atoms with E-state index in [1.165, 1.54) is 12.1 Å². The molecule has 0 radical (unpaired) electrons. The number of Topliss-reactive ketones (excluding diaryl/α,β-unsaturated/α-hetero) is 1. The Morgan fingerprint density at radius 3 is 2.94 bits per heavy atom. The molecule has 1 aliphatic heterocycles. The van der Waals surface area contributed by atoms with Crippen molar-refractivity contribution in [1.82, 2.24) is 0 Å². The van der Waals surface area contributed by atoms with E-state index >= 15 is 0 Å². The molecule has 1 atom stereocenters. The number of benzene rings is 1. The van der Waals surface area contributed by atoms with E-state index in [0.717, 1.165) is 0 Å². The molecule has 1 aromatic carbocycles. The number of hydrogen-bond donors (Lipinski definition) is 1. The van der Waals surface area contributed by atoms with Crippen LogP contribution in [0.2, 0.25) is 5.02 Å². The van der Waals surface area contributed by atoms with E-state index in [0.29, 0.717) is 23.6 Å². The number of halogens is 2. The summed E-state index contributed by atoms with van der Waals surface area (Å²) in [5.74, 6) is -0.676. The second kappa shape index (κ2) is 4.72. The first-order valence-corrected chi connectivity index (χ1v) is 5.73. The highest BCUT2D eigenvalue weighted by Crippen LogP contribution is 2.21. The number of nitrogens with two attached hydrogens (primary N) is 1. The van der Waals surface area contributed by atoms with Crippen molar-refractivity contribution in [2.24, 2.45) is 5.73 Å². The molecule has 0 saturated carbocycles. The molecule has 1 aliphatic rings. The Morgan fingerprint density at radius 1 is 1.59 bits per heavy atom. The first kappa shape index (κ1) is 12.5. The second-order valence-corrected chi connectivity index (χ2v) is 4.73. The predicted octanol–water partition coefficient (Wildman–Crippen LogP) is 1.71. The Kier molecular flexibility index (Phi) is 3.47. The van der Waals surface area contributed by atoms with Crippen molar-refractivity contribution < 1.29 is 13.9 Å². The van der Waals surface area contributed by atoms with Crippen molar-refractivity contribution in [2.75, 3.05) is 13.2 Å². The Balaban J connectivity index is 2.13. The predicted molar refractivity (Wildman–Crippen MR) is 62.5 cm³/mol. The van der Waals surface area contributed by atoms with Crippen LogP contribution >= 0.6 is 11.6 Å². The smallest absolute Gasteiger partial charge is 0.159 e. The summed E-state index contributed by atoms with van der Waals surface area (Å²) in [6.07, 6.45) is 0.462. The molecule has 0 bridgehead atoms. The van der Waals surface area contributed by atoms with Gasteiger partial charge in [0.15, 0.2) is 5.78 Å². The zero-order valence-corrected chi connectivity index (χ0v) is 9.97. The Hall–Kier alpha value is -0.970. The number of hydrogen-bond acceptors (Lipinski definition) is 3. The lowest BCUT2D eigenvalue weighted by Gasteiger charge is -2.19. The molecule has 1 saturated heterocycles. The topological polar surface area (TPSA) is 52.3 Å². The lowest BCUT2D eigenvalue weighted by Crippen LogP contribution is -2.49. The van der Waals surface area contributed by atoms with Gasteiger partial charge in [-0.05, 0) is 24.1 Å². The van der Waals surface area contributed by atoms with Gasteiger partial charge in [0.1, 0.15) is 11.4 Å². The van der Waals surface area contributed by atoms with Crippen molar-refractivity contribution in [3.05, 3.63) is 34.6 Å². The molecule has 3 nitrogen and oxygen atoms in total. The lowest BCUT2D eigenvalue weighted by molar-refractivity contribution is -0.123. The number of rotatable bonds is 3. The minimum atomic E-state index is -0.966. The maximum atomic E-state index is 13.5. The van der Waals surface area contributed by atoms with E-state index < -0.39 is 11.4 Å². The third-order valence-corrected chi connectivity index (χ3v) is 3.21. The molecule has 0 spiro atoms. The fourth-order valence-corrected chi connectivity index (χ4v) is 1.97. The molecule has 2 N–H and O–H groups in total. The molecule has 17 heavy (non-hydrogen) atoms. The number of carbonyl (C=O) groups excluding carboxylic acids is 1. The number of ketones is 1. The Morgan fingerprint density at radius 2 is 2.35 bits per heavy atom. The van der Waals surface area contributed by atoms with Crippen LogP contribution in [-0.4, -0.2) is 24.5 Å². The summed E-state index contributed by atoms with van der Waals surface area (Å²) < 4.78 is 18.6. The van der Waals surface area contributed by atoms with Crippen molar-refractivity contribution in [3.63, 3.8) is 0 Å². The number of ether oxygens (including phenoxy) is 1. The monoisotopic (exact) mass is 257 g/mol. The van der Waals surface area contributed by atoms with Gasteiger partial charge in [-0.2, -0.15) is 0 Å². The molecule has 2 rings (SSSR count). The third-order valence-electron chi connectivity index (χ3n) is 2.97. The van der Waals surface area contributed by atoms with Crippen molar-refractivity contribution in [1.29, 1.82) is 0 Å². The molecule has 0 aliphatic carbocycles. The van der Waals surface area contributed by atoms with E-state index in [9.17, 15) is 9.18 Å². The average molecular weight is 258 g/mol. The molecule has 92 valence electrons. The molecule has 1 fully saturated rings. The quantitative estimate of drug-likeness (QED) is 0.897. The summed E-state index contributed by atoms with van der Waals surface area (Å²) in [6.45, 7) is 0.687. The van der Waals surface area contributed by atoms with Crippen molar-refractivity contribution in [2.45, 2.75) is 18.4 Å². The van der Waals surface area contributed by atoms with Gasteiger partial charge < -0.3 is 10.5 Å². The molecule has 1 unspecified atom stereocenters. The summed E-state index contributed by atoms with van der Waals surface area (Å²) in [5, 5.41) is 0.311. The highest BCUT2D eigenvalue weighted by atomic mass is 35.5. The van der Waals surface area contributed by atoms with Crippen LogP contribution in [0.4, 0.5) is 4.39 Å². The first-order chi connectivity index (χ1) is 8.01. The first-order valence-electron chi connectivity index (χ1n) is 5.35. The van der Waals surface area contributed by atoms with Gasteiger partial charge in [-0.25, -0.2) is 4.39 Å². The fraction of sp³-hybridized carbons (Fsp3) is 0.417. The number of carbonyl (C=O) groups is 1. The molecule has 0 aromatic heterocycles. The summed E-state index contributed by atoms with van der Waals surface area (Å²) in [4.78, 5) is 12.0.